The topological polar surface area (TPSA) is 26.2 Å². The summed E-state index contributed by atoms with van der Waals surface area (Å²) in [5, 5.41) is 3.63. The fraction of sp³-hybridized carbons (Fsp3) is 0.714. The lowest BCUT2D eigenvalue weighted by Gasteiger charge is -2.51. The van der Waals surface area contributed by atoms with Crippen molar-refractivity contribution in [2.75, 3.05) is 7.11 Å². The maximum atomic E-state index is 5.46. The van der Waals surface area contributed by atoms with E-state index in [0.29, 0.717) is 12.1 Å². The molecular weight excluding hydrogens is 212 g/mol. The standard InChI is InChI=1S/C14H24N2O/c1-5-16-7-6-11(10-16)9-15-12-8-13(17-4)14(12,2)3/h6-7,10,12-13,15H,5,8-9H2,1-4H3. The lowest BCUT2D eigenvalue weighted by atomic mass is 9.64. The van der Waals surface area contributed by atoms with Gasteiger partial charge < -0.3 is 14.6 Å². The first-order valence-electron chi connectivity index (χ1n) is 6.48. The van der Waals surface area contributed by atoms with Crippen molar-refractivity contribution in [2.24, 2.45) is 5.41 Å². The number of hydrogen-bond donors (Lipinski definition) is 1. The smallest absolute Gasteiger partial charge is 0.0652 e. The predicted molar refractivity (Wildman–Crippen MR) is 69.9 cm³/mol. The molecule has 1 N–H and O–H groups in total. The summed E-state index contributed by atoms with van der Waals surface area (Å²) in [7, 11) is 1.81. The van der Waals surface area contributed by atoms with Gasteiger partial charge in [0.2, 0.25) is 0 Å². The first-order chi connectivity index (χ1) is 8.07. The van der Waals surface area contributed by atoms with Crippen LogP contribution in [0, 0.1) is 5.41 Å². The molecule has 0 bridgehead atoms. The Labute approximate surface area is 104 Å². The molecule has 1 heterocycles. The molecule has 1 aromatic rings. The van der Waals surface area contributed by atoms with E-state index >= 15 is 0 Å². The second-order valence-corrected chi connectivity index (χ2v) is 5.57. The van der Waals surface area contributed by atoms with E-state index in [-0.39, 0.29) is 5.41 Å². The van der Waals surface area contributed by atoms with Crippen LogP contribution in [0.1, 0.15) is 32.8 Å². The van der Waals surface area contributed by atoms with E-state index in [9.17, 15) is 0 Å². The fourth-order valence-electron chi connectivity index (χ4n) is 2.66. The molecule has 0 radical (unpaired) electrons. The molecule has 3 heteroatoms. The van der Waals surface area contributed by atoms with E-state index in [1.807, 2.05) is 7.11 Å². The van der Waals surface area contributed by atoms with Crippen LogP contribution in [-0.2, 0) is 17.8 Å². The molecule has 2 rings (SSSR count). The summed E-state index contributed by atoms with van der Waals surface area (Å²) in [4.78, 5) is 0. The van der Waals surface area contributed by atoms with E-state index in [2.05, 4.69) is 49.1 Å². The summed E-state index contributed by atoms with van der Waals surface area (Å²) in [6, 6.07) is 2.76. The van der Waals surface area contributed by atoms with Crippen molar-refractivity contribution in [3.05, 3.63) is 24.0 Å². The Morgan fingerprint density at radius 2 is 2.29 bits per heavy atom. The molecule has 1 aliphatic rings. The number of hydrogen-bond acceptors (Lipinski definition) is 2. The van der Waals surface area contributed by atoms with Crippen LogP contribution < -0.4 is 5.32 Å². The van der Waals surface area contributed by atoms with Crippen LogP contribution >= 0.6 is 0 Å². The van der Waals surface area contributed by atoms with Crippen molar-refractivity contribution in [2.45, 2.75) is 52.4 Å². The molecule has 3 nitrogen and oxygen atoms in total. The lowest BCUT2D eigenvalue weighted by molar-refractivity contribution is -0.0979. The molecule has 2 atom stereocenters. The monoisotopic (exact) mass is 236 g/mol. The first kappa shape index (κ1) is 12.7. The Morgan fingerprint density at radius 3 is 2.82 bits per heavy atom. The van der Waals surface area contributed by atoms with Crippen molar-refractivity contribution in [1.29, 1.82) is 0 Å². The molecule has 1 saturated carbocycles. The van der Waals surface area contributed by atoms with Gasteiger partial charge in [-0.15, -0.1) is 0 Å². The molecule has 1 aliphatic carbocycles. The highest BCUT2D eigenvalue weighted by Gasteiger charge is 2.48. The molecule has 0 amide bonds. The predicted octanol–water partition coefficient (Wildman–Crippen LogP) is 2.41. The lowest BCUT2D eigenvalue weighted by Crippen LogP contribution is -2.60. The molecule has 1 aromatic heterocycles. The molecule has 17 heavy (non-hydrogen) atoms. The Bertz CT molecular complexity index is 370. The zero-order chi connectivity index (χ0) is 12.5. The van der Waals surface area contributed by atoms with E-state index < -0.39 is 0 Å². The first-order valence-corrected chi connectivity index (χ1v) is 6.48. The third-order valence-corrected chi connectivity index (χ3v) is 4.19. The third kappa shape index (κ3) is 2.40. The van der Waals surface area contributed by atoms with Crippen LogP contribution in [0.4, 0.5) is 0 Å². The average molecular weight is 236 g/mol. The summed E-state index contributed by atoms with van der Waals surface area (Å²) >= 11 is 0. The fourth-order valence-corrected chi connectivity index (χ4v) is 2.66. The summed E-state index contributed by atoms with van der Waals surface area (Å²) < 4.78 is 7.67. The number of nitrogens with one attached hydrogen (secondary N) is 1. The summed E-state index contributed by atoms with van der Waals surface area (Å²) in [5.41, 5.74) is 1.62. The van der Waals surface area contributed by atoms with Gasteiger partial charge in [-0.05, 0) is 25.0 Å². The largest absolute Gasteiger partial charge is 0.381 e. The Balaban J connectivity index is 1.83. The van der Waals surface area contributed by atoms with Crippen LogP contribution in [-0.4, -0.2) is 23.8 Å². The van der Waals surface area contributed by atoms with Gasteiger partial charge in [0, 0.05) is 44.0 Å². The van der Waals surface area contributed by atoms with Gasteiger partial charge >= 0.3 is 0 Å². The molecular formula is C14H24N2O. The summed E-state index contributed by atoms with van der Waals surface area (Å²) in [6.07, 6.45) is 5.88. The van der Waals surface area contributed by atoms with Gasteiger partial charge in [-0.2, -0.15) is 0 Å². The SMILES string of the molecule is CCn1ccc(CNC2CC(OC)C2(C)C)c1. The summed E-state index contributed by atoms with van der Waals surface area (Å²) in [5.74, 6) is 0. The summed E-state index contributed by atoms with van der Waals surface area (Å²) in [6.45, 7) is 8.72. The zero-order valence-corrected chi connectivity index (χ0v) is 11.4. The quantitative estimate of drug-likeness (QED) is 0.849. The molecule has 2 unspecified atom stereocenters. The van der Waals surface area contributed by atoms with Crippen LogP contribution in [0.25, 0.3) is 0 Å². The number of methoxy groups -OCH3 is 1. The third-order valence-electron chi connectivity index (χ3n) is 4.19. The van der Waals surface area contributed by atoms with Gasteiger partial charge in [0.25, 0.3) is 0 Å². The van der Waals surface area contributed by atoms with E-state index in [0.717, 1.165) is 19.5 Å². The van der Waals surface area contributed by atoms with Gasteiger partial charge in [-0.3, -0.25) is 0 Å². The highest BCUT2D eigenvalue weighted by atomic mass is 16.5. The van der Waals surface area contributed by atoms with Gasteiger partial charge in [0.05, 0.1) is 6.10 Å². The molecule has 1 fully saturated rings. The van der Waals surface area contributed by atoms with Crippen molar-refractivity contribution >= 4 is 0 Å². The van der Waals surface area contributed by atoms with Crippen LogP contribution in [0.2, 0.25) is 0 Å². The minimum atomic E-state index is 0.252. The second kappa shape index (κ2) is 4.83. The van der Waals surface area contributed by atoms with Gasteiger partial charge in [0.15, 0.2) is 0 Å². The minimum Gasteiger partial charge on any atom is -0.381 e. The Kier molecular flexibility index (Phi) is 3.59. The highest BCUT2D eigenvalue weighted by Crippen LogP contribution is 2.42. The zero-order valence-electron chi connectivity index (χ0n) is 11.4. The normalized spacial score (nSPS) is 26.8. The average Bonchev–Trinajstić information content (AvgIpc) is 2.76. The molecule has 96 valence electrons. The molecule has 0 saturated heterocycles. The van der Waals surface area contributed by atoms with Crippen LogP contribution in [0.5, 0.6) is 0 Å². The number of nitrogens with zero attached hydrogens (tertiary/aromatic N) is 1. The van der Waals surface area contributed by atoms with Crippen LogP contribution in [0.3, 0.4) is 0 Å². The van der Waals surface area contributed by atoms with Crippen molar-refractivity contribution in [1.82, 2.24) is 9.88 Å². The van der Waals surface area contributed by atoms with Gasteiger partial charge in [-0.25, -0.2) is 0 Å². The maximum absolute atomic E-state index is 5.46. The van der Waals surface area contributed by atoms with Crippen molar-refractivity contribution < 1.29 is 4.74 Å². The number of aryl methyl sites for hydroxylation is 1. The number of rotatable bonds is 5. The number of aromatic nitrogens is 1. The van der Waals surface area contributed by atoms with E-state index in [1.165, 1.54) is 5.56 Å². The minimum absolute atomic E-state index is 0.252. The van der Waals surface area contributed by atoms with E-state index in [4.69, 9.17) is 4.74 Å². The van der Waals surface area contributed by atoms with Crippen molar-refractivity contribution in [3.63, 3.8) is 0 Å². The maximum Gasteiger partial charge on any atom is 0.0652 e. The van der Waals surface area contributed by atoms with Gasteiger partial charge in [-0.1, -0.05) is 13.8 Å². The van der Waals surface area contributed by atoms with Crippen molar-refractivity contribution in [3.8, 4) is 0 Å². The van der Waals surface area contributed by atoms with Gasteiger partial charge in [0.1, 0.15) is 0 Å². The van der Waals surface area contributed by atoms with E-state index in [1.54, 1.807) is 0 Å². The number of ether oxygens (including phenoxy) is 1. The van der Waals surface area contributed by atoms with Crippen LogP contribution in [0.15, 0.2) is 18.5 Å². The molecule has 0 spiro atoms. The Hall–Kier alpha value is -0.800. The second-order valence-electron chi connectivity index (χ2n) is 5.57. The highest BCUT2D eigenvalue weighted by molar-refractivity contribution is 5.11. The molecule has 0 aliphatic heterocycles. The Morgan fingerprint density at radius 1 is 1.53 bits per heavy atom. The molecule has 0 aromatic carbocycles.